The Labute approximate surface area is 208 Å². The molecule has 0 saturated heterocycles. The molecule has 0 fully saturated rings. The number of phenols is 1. The van der Waals surface area contributed by atoms with Crippen molar-refractivity contribution >= 4 is 17.6 Å². The molecule has 0 saturated carbocycles. The summed E-state index contributed by atoms with van der Waals surface area (Å²) in [7, 11) is 5.40. The van der Waals surface area contributed by atoms with Crippen LogP contribution in [0.1, 0.15) is 36.5 Å². The number of rotatable bonds is 9. The summed E-state index contributed by atoms with van der Waals surface area (Å²) in [5.74, 6) is 1.73. The zero-order valence-electron chi connectivity index (χ0n) is 21.1. The molecule has 0 radical (unpaired) electrons. The van der Waals surface area contributed by atoms with Crippen molar-refractivity contribution in [1.82, 2.24) is 0 Å². The number of nitrogens with zero attached hydrogens (tertiary/aromatic N) is 2. The van der Waals surface area contributed by atoms with E-state index in [2.05, 4.69) is 55.7 Å². The molecule has 1 aliphatic rings. The number of ether oxygens (including phenoxy) is 2. The van der Waals surface area contributed by atoms with Gasteiger partial charge in [0.2, 0.25) is 0 Å². The highest BCUT2D eigenvalue weighted by molar-refractivity contribution is 5.70. The molecule has 184 valence electrons. The number of anilines is 1. The van der Waals surface area contributed by atoms with E-state index in [1.165, 1.54) is 16.8 Å². The van der Waals surface area contributed by atoms with Crippen LogP contribution in [-0.2, 0) is 18.3 Å². The molecule has 0 aliphatic carbocycles. The Bertz CT molecular complexity index is 1180. The van der Waals surface area contributed by atoms with Crippen LogP contribution in [0.5, 0.6) is 17.2 Å². The van der Waals surface area contributed by atoms with Crippen molar-refractivity contribution in [2.45, 2.75) is 38.0 Å². The van der Waals surface area contributed by atoms with Gasteiger partial charge in [-0.2, -0.15) is 5.10 Å². The summed E-state index contributed by atoms with van der Waals surface area (Å²) in [4.78, 5) is 0. The number of methoxy groups -OCH3 is 2. The highest BCUT2D eigenvalue weighted by Gasteiger charge is 2.31. The summed E-state index contributed by atoms with van der Waals surface area (Å²) in [5, 5.41) is 19.6. The van der Waals surface area contributed by atoms with Gasteiger partial charge in [-0.05, 0) is 55.0 Å². The largest absolute Gasteiger partial charge is 0.506 e. The number of hydrogen-bond donors (Lipinski definition) is 2. The minimum absolute atomic E-state index is 0.207. The Morgan fingerprint density at radius 3 is 2.54 bits per heavy atom. The molecule has 6 nitrogen and oxygen atoms in total. The smallest absolute Gasteiger partial charge is 0.144 e. The van der Waals surface area contributed by atoms with E-state index in [1.807, 2.05) is 29.4 Å². The first-order chi connectivity index (χ1) is 17.0. The average molecular weight is 475 g/mol. The zero-order valence-corrected chi connectivity index (χ0v) is 21.1. The average Bonchev–Trinajstić information content (AvgIpc) is 2.88. The molecule has 3 aromatic rings. The Hall–Kier alpha value is -3.51. The third kappa shape index (κ3) is 5.43. The van der Waals surface area contributed by atoms with E-state index in [9.17, 15) is 5.11 Å². The van der Waals surface area contributed by atoms with E-state index in [0.717, 1.165) is 49.2 Å². The van der Waals surface area contributed by atoms with Gasteiger partial charge < -0.3 is 19.9 Å². The van der Waals surface area contributed by atoms with Gasteiger partial charge in [-0.3, -0.25) is 5.01 Å². The van der Waals surface area contributed by atoms with Gasteiger partial charge in [-0.1, -0.05) is 37.3 Å². The predicted molar refractivity (Wildman–Crippen MR) is 141 cm³/mol. The van der Waals surface area contributed by atoms with E-state index in [-0.39, 0.29) is 11.2 Å². The van der Waals surface area contributed by atoms with E-state index >= 15 is 0 Å². The number of hydrogen-bond acceptors (Lipinski definition) is 5. The van der Waals surface area contributed by atoms with Gasteiger partial charge in [0.05, 0.1) is 21.3 Å². The minimum atomic E-state index is -0.207. The summed E-state index contributed by atoms with van der Waals surface area (Å²) in [6, 6.07) is 20.5. The minimum Gasteiger partial charge on any atom is -0.506 e. The molecule has 0 bridgehead atoms. The second kappa shape index (κ2) is 10.8. The summed E-state index contributed by atoms with van der Waals surface area (Å²) in [6.07, 6.45) is 5.48. The van der Waals surface area contributed by atoms with Crippen molar-refractivity contribution in [1.29, 1.82) is 0 Å². The predicted octanol–water partition coefficient (Wildman–Crippen LogP) is 4.56. The van der Waals surface area contributed by atoms with Crippen LogP contribution in [0.25, 0.3) is 0 Å². The fourth-order valence-electron chi connectivity index (χ4n) is 5.00. The highest BCUT2D eigenvalue weighted by Crippen LogP contribution is 2.40. The number of quaternary nitrogens is 1. The summed E-state index contributed by atoms with van der Waals surface area (Å²) in [6.45, 7) is 3.06. The van der Waals surface area contributed by atoms with Crippen molar-refractivity contribution < 1.29 is 19.9 Å². The second-order valence-electron chi connectivity index (χ2n) is 9.35. The van der Waals surface area contributed by atoms with Gasteiger partial charge in [-0.25, -0.2) is 0 Å². The number of aromatic hydroxyl groups is 1. The van der Waals surface area contributed by atoms with Gasteiger partial charge in [0.25, 0.3) is 0 Å². The monoisotopic (exact) mass is 474 g/mol. The number of nitrogens with two attached hydrogens (primary N) is 1. The van der Waals surface area contributed by atoms with Crippen molar-refractivity contribution in [3.8, 4) is 17.2 Å². The SMILES string of the molecule is C[NH2+]c1ccc(OC)cc1C(C)(C/C=N/N1CCCc2cc(OC)cc(O)c21)Cc1ccccc1. The molecule has 1 atom stereocenters. The molecular formula is C29H36N3O3+. The van der Waals surface area contributed by atoms with Crippen LogP contribution < -0.4 is 19.8 Å². The van der Waals surface area contributed by atoms with Crippen LogP contribution >= 0.6 is 0 Å². The van der Waals surface area contributed by atoms with Gasteiger partial charge in [0.15, 0.2) is 0 Å². The van der Waals surface area contributed by atoms with E-state index in [4.69, 9.17) is 14.6 Å². The number of phenolic OH excluding ortho intramolecular Hbond substituents is 1. The molecule has 6 heteroatoms. The van der Waals surface area contributed by atoms with Crippen molar-refractivity contribution in [2.24, 2.45) is 5.10 Å². The number of hydrazone groups is 1. The maximum absolute atomic E-state index is 10.7. The molecule has 0 amide bonds. The van der Waals surface area contributed by atoms with Crippen LogP contribution in [0.3, 0.4) is 0 Å². The molecule has 1 heterocycles. The van der Waals surface area contributed by atoms with Gasteiger partial charge >= 0.3 is 0 Å². The first-order valence-electron chi connectivity index (χ1n) is 12.2. The topological polar surface area (TPSA) is 70.9 Å². The summed E-state index contributed by atoms with van der Waals surface area (Å²) in [5.41, 5.74) is 5.35. The maximum Gasteiger partial charge on any atom is 0.144 e. The molecule has 35 heavy (non-hydrogen) atoms. The Balaban J connectivity index is 1.67. The maximum atomic E-state index is 10.7. The normalized spacial score (nSPS) is 15.0. The number of aryl methyl sites for hydroxylation is 1. The Morgan fingerprint density at radius 2 is 1.83 bits per heavy atom. The van der Waals surface area contributed by atoms with Crippen LogP contribution in [0, 0.1) is 0 Å². The lowest BCUT2D eigenvalue weighted by Crippen LogP contribution is -2.73. The molecule has 1 unspecified atom stereocenters. The van der Waals surface area contributed by atoms with E-state index in [1.54, 1.807) is 20.3 Å². The summed E-state index contributed by atoms with van der Waals surface area (Å²) < 4.78 is 10.9. The van der Waals surface area contributed by atoms with Crippen LogP contribution in [-0.4, -0.2) is 39.1 Å². The zero-order chi connectivity index (χ0) is 24.8. The third-order valence-corrected chi connectivity index (χ3v) is 6.87. The molecule has 4 rings (SSSR count). The number of fused-ring (bicyclic) bond motifs is 1. The van der Waals surface area contributed by atoms with E-state index < -0.39 is 0 Å². The van der Waals surface area contributed by atoms with Crippen LogP contribution in [0.2, 0.25) is 0 Å². The quantitative estimate of drug-likeness (QED) is 0.352. The summed E-state index contributed by atoms with van der Waals surface area (Å²) >= 11 is 0. The molecule has 0 aromatic heterocycles. The molecule has 3 N–H and O–H groups in total. The van der Waals surface area contributed by atoms with Gasteiger partial charge in [0.1, 0.15) is 28.6 Å². The molecule has 0 spiro atoms. The first-order valence-corrected chi connectivity index (χ1v) is 12.2. The van der Waals surface area contributed by atoms with Gasteiger partial charge in [0, 0.05) is 35.9 Å². The Morgan fingerprint density at radius 1 is 1.06 bits per heavy atom. The fourth-order valence-corrected chi connectivity index (χ4v) is 5.00. The lowest BCUT2D eigenvalue weighted by molar-refractivity contribution is -0.540. The van der Waals surface area contributed by atoms with Crippen LogP contribution in [0.4, 0.5) is 11.4 Å². The number of benzene rings is 3. The first kappa shape index (κ1) is 24.6. The van der Waals surface area contributed by atoms with Crippen molar-refractivity contribution in [3.63, 3.8) is 0 Å². The van der Waals surface area contributed by atoms with Crippen LogP contribution in [0.15, 0.2) is 65.8 Å². The highest BCUT2D eigenvalue weighted by atomic mass is 16.5. The van der Waals surface area contributed by atoms with Crippen molar-refractivity contribution in [3.05, 3.63) is 77.4 Å². The molecule has 1 aliphatic heterocycles. The Kier molecular flexibility index (Phi) is 7.61. The third-order valence-electron chi connectivity index (χ3n) is 6.87. The standard InChI is InChI=1S/C29H35N3O3/c1-29(20-21-9-6-5-7-10-21,25-18-23(34-3)12-13-26(25)30-2)14-15-31-32-16-8-11-22-17-24(35-4)19-27(33)28(22)32/h5-7,9-10,12-13,15,17-19,30,33H,8,11,14,16,20H2,1-4H3/p+1/b31-15+. The second-order valence-corrected chi connectivity index (χ2v) is 9.35. The van der Waals surface area contributed by atoms with E-state index in [0.29, 0.717) is 5.75 Å². The lowest BCUT2D eigenvalue weighted by Gasteiger charge is -2.31. The molecule has 3 aromatic carbocycles. The van der Waals surface area contributed by atoms with Crippen molar-refractivity contribution in [2.75, 3.05) is 32.8 Å². The lowest BCUT2D eigenvalue weighted by atomic mass is 9.74. The molecular weight excluding hydrogens is 438 g/mol. The van der Waals surface area contributed by atoms with Gasteiger partial charge in [-0.15, -0.1) is 0 Å². The fraction of sp³-hybridized carbons (Fsp3) is 0.345.